The number of hydrogen-bond acceptors (Lipinski definition) is 8. The molecule has 0 saturated carbocycles. The van der Waals surface area contributed by atoms with Gasteiger partial charge in [-0.2, -0.15) is 0 Å². The number of pyridine rings is 1. The highest BCUT2D eigenvalue weighted by atomic mass is 15.3. The topological polar surface area (TPSA) is 88.8 Å². The van der Waals surface area contributed by atoms with Gasteiger partial charge < -0.3 is 14.4 Å². The second-order valence-corrected chi connectivity index (χ2v) is 6.68. The summed E-state index contributed by atoms with van der Waals surface area (Å²) in [7, 11) is 1.94. The van der Waals surface area contributed by atoms with E-state index in [2.05, 4.69) is 34.7 Å². The maximum atomic E-state index is 4.74. The Kier molecular flexibility index (Phi) is 4.04. The van der Waals surface area contributed by atoms with Gasteiger partial charge in [-0.15, -0.1) is 0 Å². The van der Waals surface area contributed by atoms with E-state index >= 15 is 0 Å². The van der Waals surface area contributed by atoms with Crippen molar-refractivity contribution in [3.63, 3.8) is 0 Å². The second-order valence-electron chi connectivity index (χ2n) is 6.68. The molecule has 1 saturated heterocycles. The fourth-order valence-electron chi connectivity index (χ4n) is 3.47. The van der Waals surface area contributed by atoms with Crippen LogP contribution in [0.3, 0.4) is 0 Å². The monoisotopic (exact) mass is 373 g/mol. The minimum atomic E-state index is 0.750. The fourth-order valence-corrected chi connectivity index (χ4v) is 3.47. The van der Waals surface area contributed by atoms with Crippen molar-refractivity contribution in [3.05, 3.63) is 49.4 Å². The predicted molar refractivity (Wildman–Crippen MR) is 106 cm³/mol. The third-order valence-corrected chi connectivity index (χ3v) is 4.96. The van der Waals surface area contributed by atoms with Gasteiger partial charge >= 0.3 is 0 Å². The number of rotatable bonds is 3. The van der Waals surface area contributed by atoms with E-state index in [1.807, 2.05) is 36.0 Å². The molecular formula is C19H19N9. The first-order valence-electron chi connectivity index (χ1n) is 9.15. The SMILES string of the molecule is Cn1cnc2c(N3CCN(c4nccc(-c5ccncc5)n4)CC3)ncnc21. The lowest BCUT2D eigenvalue weighted by atomic mass is 10.2. The van der Waals surface area contributed by atoms with E-state index in [9.17, 15) is 0 Å². The van der Waals surface area contributed by atoms with Crippen molar-refractivity contribution in [2.24, 2.45) is 7.05 Å². The summed E-state index contributed by atoms with van der Waals surface area (Å²) in [6.07, 6.45) is 8.74. The molecule has 4 aromatic rings. The molecule has 1 fully saturated rings. The Labute approximate surface area is 161 Å². The van der Waals surface area contributed by atoms with Gasteiger partial charge in [-0.05, 0) is 18.2 Å². The van der Waals surface area contributed by atoms with Gasteiger partial charge in [0.25, 0.3) is 0 Å². The Morgan fingerprint density at radius 2 is 1.61 bits per heavy atom. The molecule has 5 rings (SSSR count). The van der Waals surface area contributed by atoms with E-state index in [1.54, 1.807) is 25.0 Å². The van der Waals surface area contributed by atoms with Crippen molar-refractivity contribution < 1.29 is 0 Å². The van der Waals surface area contributed by atoms with Crippen LogP contribution in [0.1, 0.15) is 0 Å². The molecule has 140 valence electrons. The lowest BCUT2D eigenvalue weighted by Gasteiger charge is -2.35. The third kappa shape index (κ3) is 2.90. The standard InChI is InChI=1S/C19H19N9/c1-26-13-24-16-17(26)22-12-23-18(16)27-8-10-28(11-9-27)19-21-7-4-15(25-19)14-2-5-20-6-3-14/h2-7,12-13H,8-11H2,1H3. The summed E-state index contributed by atoms with van der Waals surface area (Å²) in [5, 5.41) is 0. The van der Waals surface area contributed by atoms with Gasteiger partial charge in [0.15, 0.2) is 17.0 Å². The molecule has 0 amide bonds. The molecule has 0 N–H and O–H groups in total. The summed E-state index contributed by atoms with van der Waals surface area (Å²) in [6, 6.07) is 5.84. The van der Waals surface area contributed by atoms with Crippen LogP contribution in [0.25, 0.3) is 22.4 Å². The first kappa shape index (κ1) is 16.5. The highest BCUT2D eigenvalue weighted by Crippen LogP contribution is 2.24. The summed E-state index contributed by atoms with van der Waals surface area (Å²) < 4.78 is 1.91. The van der Waals surface area contributed by atoms with Gasteiger partial charge in [-0.3, -0.25) is 4.98 Å². The van der Waals surface area contributed by atoms with E-state index in [4.69, 9.17) is 4.98 Å². The van der Waals surface area contributed by atoms with Gasteiger partial charge in [0.2, 0.25) is 5.95 Å². The molecule has 0 spiro atoms. The Bertz CT molecular complexity index is 1100. The number of aromatic nitrogens is 7. The second kappa shape index (κ2) is 6.84. The van der Waals surface area contributed by atoms with Crippen LogP contribution in [-0.4, -0.2) is 60.6 Å². The number of imidazole rings is 1. The molecule has 4 aromatic heterocycles. The average Bonchev–Trinajstić information content (AvgIpc) is 3.16. The number of fused-ring (bicyclic) bond motifs is 1. The molecule has 0 aliphatic carbocycles. The molecule has 9 heteroatoms. The van der Waals surface area contributed by atoms with E-state index < -0.39 is 0 Å². The maximum absolute atomic E-state index is 4.74. The molecule has 9 nitrogen and oxygen atoms in total. The van der Waals surface area contributed by atoms with Gasteiger partial charge in [-0.25, -0.2) is 24.9 Å². The van der Waals surface area contributed by atoms with E-state index in [0.29, 0.717) is 0 Å². The number of nitrogens with zero attached hydrogens (tertiary/aromatic N) is 9. The Hall–Kier alpha value is -3.62. The van der Waals surface area contributed by atoms with Crippen LogP contribution >= 0.6 is 0 Å². The molecular weight excluding hydrogens is 354 g/mol. The summed E-state index contributed by atoms with van der Waals surface area (Å²) in [5.41, 5.74) is 3.63. The summed E-state index contributed by atoms with van der Waals surface area (Å²) >= 11 is 0. The molecule has 0 radical (unpaired) electrons. The molecule has 0 bridgehead atoms. The smallest absolute Gasteiger partial charge is 0.225 e. The fraction of sp³-hybridized carbons (Fsp3) is 0.263. The van der Waals surface area contributed by atoms with Crippen molar-refractivity contribution in [2.45, 2.75) is 0 Å². The highest BCUT2D eigenvalue weighted by Gasteiger charge is 2.23. The lowest BCUT2D eigenvalue weighted by Crippen LogP contribution is -2.47. The molecule has 1 aliphatic rings. The number of anilines is 2. The lowest BCUT2D eigenvalue weighted by molar-refractivity contribution is 0.636. The van der Waals surface area contributed by atoms with Gasteiger partial charge in [0.1, 0.15) is 6.33 Å². The first-order chi connectivity index (χ1) is 13.8. The Balaban J connectivity index is 1.35. The largest absolute Gasteiger partial charge is 0.351 e. The molecule has 0 atom stereocenters. The van der Waals surface area contributed by atoms with Crippen LogP contribution < -0.4 is 9.80 Å². The molecule has 28 heavy (non-hydrogen) atoms. The van der Waals surface area contributed by atoms with Crippen molar-refractivity contribution >= 4 is 22.9 Å². The molecule has 5 heterocycles. The average molecular weight is 373 g/mol. The summed E-state index contributed by atoms with van der Waals surface area (Å²) in [4.78, 5) is 31.0. The van der Waals surface area contributed by atoms with E-state index in [-0.39, 0.29) is 0 Å². The van der Waals surface area contributed by atoms with Crippen molar-refractivity contribution in [1.29, 1.82) is 0 Å². The van der Waals surface area contributed by atoms with Gasteiger partial charge in [-0.1, -0.05) is 0 Å². The van der Waals surface area contributed by atoms with Crippen molar-refractivity contribution in [1.82, 2.24) is 34.5 Å². The number of aryl methyl sites for hydroxylation is 1. The van der Waals surface area contributed by atoms with E-state index in [0.717, 1.165) is 60.4 Å². The molecule has 1 aliphatic heterocycles. The highest BCUT2D eigenvalue weighted by molar-refractivity contribution is 5.83. The van der Waals surface area contributed by atoms with Crippen LogP contribution in [0.5, 0.6) is 0 Å². The van der Waals surface area contributed by atoms with Gasteiger partial charge in [0, 0.05) is 57.4 Å². The minimum Gasteiger partial charge on any atom is -0.351 e. The normalized spacial score (nSPS) is 14.6. The van der Waals surface area contributed by atoms with Crippen LogP contribution in [0, 0.1) is 0 Å². The summed E-state index contributed by atoms with van der Waals surface area (Å²) in [6.45, 7) is 3.29. The maximum Gasteiger partial charge on any atom is 0.225 e. The zero-order valence-electron chi connectivity index (χ0n) is 15.5. The molecule has 0 aromatic carbocycles. The van der Waals surface area contributed by atoms with Gasteiger partial charge in [0.05, 0.1) is 12.0 Å². The van der Waals surface area contributed by atoms with Crippen LogP contribution in [0.15, 0.2) is 49.4 Å². The number of hydrogen-bond donors (Lipinski definition) is 0. The minimum absolute atomic E-state index is 0.750. The van der Waals surface area contributed by atoms with Crippen molar-refractivity contribution in [3.8, 4) is 11.3 Å². The third-order valence-electron chi connectivity index (χ3n) is 4.96. The first-order valence-corrected chi connectivity index (χ1v) is 9.15. The Morgan fingerprint density at radius 3 is 2.43 bits per heavy atom. The Morgan fingerprint density at radius 1 is 0.821 bits per heavy atom. The zero-order valence-corrected chi connectivity index (χ0v) is 15.5. The van der Waals surface area contributed by atoms with Crippen LogP contribution in [0.2, 0.25) is 0 Å². The zero-order chi connectivity index (χ0) is 18.9. The number of piperazine rings is 1. The van der Waals surface area contributed by atoms with Crippen LogP contribution in [-0.2, 0) is 7.05 Å². The quantitative estimate of drug-likeness (QED) is 0.534. The van der Waals surface area contributed by atoms with E-state index in [1.165, 1.54) is 0 Å². The molecule has 0 unspecified atom stereocenters. The van der Waals surface area contributed by atoms with Crippen molar-refractivity contribution in [2.75, 3.05) is 36.0 Å². The van der Waals surface area contributed by atoms with Crippen LogP contribution in [0.4, 0.5) is 11.8 Å². The summed E-state index contributed by atoms with van der Waals surface area (Å²) in [5.74, 6) is 1.64. The predicted octanol–water partition coefficient (Wildman–Crippen LogP) is 1.54.